The lowest BCUT2D eigenvalue weighted by Gasteiger charge is -2.27. The van der Waals surface area contributed by atoms with E-state index < -0.39 is 14.6 Å². The second kappa shape index (κ2) is 42.5. The fourth-order valence-electron chi connectivity index (χ4n) is 9.55. The molecule has 0 saturated heterocycles. The van der Waals surface area contributed by atoms with Crippen LogP contribution in [0.1, 0.15) is 303 Å². The third-order valence-electron chi connectivity index (χ3n) is 14.1. The van der Waals surface area contributed by atoms with E-state index in [9.17, 15) is 23.3 Å². The third-order valence-corrected chi connectivity index (χ3v) is 16.5. The Morgan fingerprint density at radius 1 is 0.463 bits per heavy atom. The Bertz CT molecular complexity index is 1370. The number of rotatable bonds is 48. The van der Waals surface area contributed by atoms with Gasteiger partial charge in [0.1, 0.15) is 12.2 Å². The molecule has 0 saturated carbocycles. The molecular formula is C59H105NO6S. The van der Waals surface area contributed by atoms with Gasteiger partial charge in [-0.1, -0.05) is 225 Å². The lowest BCUT2D eigenvalue weighted by Crippen LogP contribution is -2.37. The first-order valence-corrected chi connectivity index (χ1v) is 30.2. The molecule has 67 heavy (non-hydrogen) atoms. The van der Waals surface area contributed by atoms with Crippen LogP contribution < -0.4 is 0 Å². The molecule has 388 valence electrons. The van der Waals surface area contributed by atoms with Gasteiger partial charge in [-0.25, -0.2) is 8.42 Å². The molecular weight excluding hydrogens is 851 g/mol. The molecule has 0 atom stereocenters. The summed E-state index contributed by atoms with van der Waals surface area (Å²) in [5.74, 6) is -0.165. The zero-order valence-corrected chi connectivity index (χ0v) is 45.3. The van der Waals surface area contributed by atoms with Crippen LogP contribution in [-0.2, 0) is 28.9 Å². The summed E-state index contributed by atoms with van der Waals surface area (Å²) >= 11 is 0. The SMILES string of the molecule is CCCCCCCCC(CCCCCCCC)OC(=O)CCCCCCCC(C#N)(CCCCCCCC(=O)OC(CCCCCCCC)CCCCCCCC)S(=O)(=O)c1ccc(C)cc1. The second-order valence-electron chi connectivity index (χ2n) is 20.4. The van der Waals surface area contributed by atoms with Crippen molar-refractivity contribution in [3.05, 3.63) is 29.8 Å². The summed E-state index contributed by atoms with van der Waals surface area (Å²) in [6.07, 6.45) is 43.1. The Morgan fingerprint density at radius 2 is 0.746 bits per heavy atom. The average Bonchev–Trinajstić information content (AvgIpc) is 3.31. The first-order chi connectivity index (χ1) is 32.6. The van der Waals surface area contributed by atoms with Gasteiger partial charge in [0.2, 0.25) is 0 Å². The molecule has 0 N–H and O–H groups in total. The Hall–Kier alpha value is -2.40. The highest BCUT2D eigenvalue weighted by molar-refractivity contribution is 7.93. The topological polar surface area (TPSA) is 111 Å². The number of hydrogen-bond acceptors (Lipinski definition) is 7. The molecule has 0 aliphatic rings. The molecule has 0 unspecified atom stereocenters. The first-order valence-electron chi connectivity index (χ1n) is 28.7. The van der Waals surface area contributed by atoms with Gasteiger partial charge in [0.05, 0.1) is 11.0 Å². The number of ether oxygens (including phenoxy) is 2. The number of hydrogen-bond donors (Lipinski definition) is 0. The molecule has 7 nitrogen and oxygen atoms in total. The molecule has 0 aliphatic carbocycles. The van der Waals surface area contributed by atoms with Crippen LogP contribution >= 0.6 is 0 Å². The fraction of sp³-hybridized carbons (Fsp3) is 0.847. The highest BCUT2D eigenvalue weighted by Gasteiger charge is 2.44. The number of esters is 2. The molecule has 0 heterocycles. The van der Waals surface area contributed by atoms with E-state index >= 15 is 0 Å². The minimum Gasteiger partial charge on any atom is -0.462 e. The zero-order valence-electron chi connectivity index (χ0n) is 44.5. The summed E-state index contributed by atoms with van der Waals surface area (Å²) in [6, 6.07) is 9.24. The zero-order chi connectivity index (χ0) is 49.1. The second-order valence-corrected chi connectivity index (χ2v) is 22.7. The molecule has 0 amide bonds. The molecule has 0 fully saturated rings. The lowest BCUT2D eigenvalue weighted by molar-refractivity contribution is -0.151. The van der Waals surface area contributed by atoms with E-state index in [1.165, 1.54) is 128 Å². The number of unbranched alkanes of at least 4 members (excludes halogenated alkanes) is 28. The van der Waals surface area contributed by atoms with Gasteiger partial charge in [-0.15, -0.1) is 0 Å². The molecule has 0 aliphatic heterocycles. The lowest BCUT2D eigenvalue weighted by atomic mass is 9.94. The van der Waals surface area contributed by atoms with Crippen molar-refractivity contribution < 1.29 is 27.5 Å². The molecule has 0 aromatic heterocycles. The minimum atomic E-state index is -3.91. The highest BCUT2D eigenvalue weighted by Crippen LogP contribution is 2.36. The monoisotopic (exact) mass is 956 g/mol. The predicted octanol–water partition coefficient (Wildman–Crippen LogP) is 18.3. The van der Waals surface area contributed by atoms with Gasteiger partial charge in [-0.05, 0) is 96.1 Å². The van der Waals surface area contributed by atoms with Crippen molar-refractivity contribution in [2.75, 3.05) is 0 Å². The van der Waals surface area contributed by atoms with Crippen LogP contribution in [0.15, 0.2) is 29.2 Å². The van der Waals surface area contributed by atoms with Crippen molar-refractivity contribution in [2.24, 2.45) is 0 Å². The molecule has 0 spiro atoms. The summed E-state index contributed by atoms with van der Waals surface area (Å²) < 4.78 is 39.1. The van der Waals surface area contributed by atoms with Crippen molar-refractivity contribution in [1.29, 1.82) is 5.26 Å². The van der Waals surface area contributed by atoms with Crippen molar-refractivity contribution in [1.82, 2.24) is 0 Å². The first kappa shape index (κ1) is 62.6. The van der Waals surface area contributed by atoms with E-state index in [2.05, 4.69) is 33.8 Å². The Labute approximate surface area is 414 Å². The van der Waals surface area contributed by atoms with Crippen molar-refractivity contribution in [3.8, 4) is 6.07 Å². The maximum absolute atomic E-state index is 14.2. The maximum atomic E-state index is 14.2. The Kier molecular flexibility index (Phi) is 39.7. The fourth-order valence-corrected chi connectivity index (χ4v) is 11.4. The normalized spacial score (nSPS) is 12.0. The van der Waals surface area contributed by atoms with Crippen LogP contribution in [0.3, 0.4) is 0 Å². The van der Waals surface area contributed by atoms with E-state index in [1.54, 1.807) is 12.1 Å². The molecule has 1 aromatic carbocycles. The van der Waals surface area contributed by atoms with E-state index in [4.69, 9.17) is 9.47 Å². The van der Waals surface area contributed by atoms with Gasteiger partial charge < -0.3 is 9.47 Å². The molecule has 1 rings (SSSR count). The van der Waals surface area contributed by atoms with Crippen LogP contribution in [0, 0.1) is 18.3 Å². The summed E-state index contributed by atoms with van der Waals surface area (Å²) in [5, 5.41) is 10.7. The summed E-state index contributed by atoms with van der Waals surface area (Å²) in [5.41, 5.74) is 0.978. The molecule has 8 heteroatoms. The predicted molar refractivity (Wildman–Crippen MR) is 283 cm³/mol. The summed E-state index contributed by atoms with van der Waals surface area (Å²) in [7, 11) is -3.91. The van der Waals surface area contributed by atoms with Crippen molar-refractivity contribution >= 4 is 21.8 Å². The van der Waals surface area contributed by atoms with Crippen molar-refractivity contribution in [3.63, 3.8) is 0 Å². The van der Waals surface area contributed by atoms with Gasteiger partial charge in [-0.3, -0.25) is 9.59 Å². The standard InChI is InChI=1S/C59H105NO6S/c1-6-10-14-18-24-32-40-54(41-33-25-19-15-11-7-2)65-57(61)44-36-28-22-30-38-50-59(52-60,67(63,64)56-48-46-53(5)47-49-56)51-39-31-23-29-37-45-58(62)66-55(42-34-26-20-16-12-8-3)43-35-27-21-17-13-9-4/h46-49,54-55H,6-45,50-51H2,1-5H3. The molecule has 0 bridgehead atoms. The number of nitrogens with zero attached hydrogens (tertiary/aromatic N) is 1. The van der Waals surface area contributed by atoms with Crippen LogP contribution in [0.5, 0.6) is 0 Å². The highest BCUT2D eigenvalue weighted by atomic mass is 32.2. The van der Waals surface area contributed by atoms with Crippen LogP contribution in [0.25, 0.3) is 0 Å². The number of nitriles is 1. The quantitative estimate of drug-likeness (QED) is 0.0472. The van der Waals surface area contributed by atoms with E-state index in [0.29, 0.717) is 38.5 Å². The third kappa shape index (κ3) is 31.4. The maximum Gasteiger partial charge on any atom is 0.306 e. The minimum absolute atomic E-state index is 0.0279. The molecule has 1 aromatic rings. The van der Waals surface area contributed by atoms with Crippen molar-refractivity contribution in [2.45, 2.75) is 326 Å². The van der Waals surface area contributed by atoms with Gasteiger partial charge in [0, 0.05) is 12.8 Å². The summed E-state index contributed by atoms with van der Waals surface area (Å²) in [4.78, 5) is 26.1. The molecule has 0 radical (unpaired) electrons. The smallest absolute Gasteiger partial charge is 0.306 e. The van der Waals surface area contributed by atoms with Crippen LogP contribution in [-0.4, -0.2) is 37.3 Å². The van der Waals surface area contributed by atoms with Gasteiger partial charge >= 0.3 is 11.9 Å². The number of benzene rings is 1. The van der Waals surface area contributed by atoms with Gasteiger partial charge in [0.15, 0.2) is 14.6 Å². The van der Waals surface area contributed by atoms with Crippen LogP contribution in [0.2, 0.25) is 0 Å². The number of carbonyl (C=O) groups excluding carboxylic acids is 2. The van der Waals surface area contributed by atoms with E-state index in [1.807, 2.05) is 19.1 Å². The number of aryl methyl sites for hydroxylation is 1. The van der Waals surface area contributed by atoms with Crippen LogP contribution in [0.4, 0.5) is 0 Å². The Balaban J connectivity index is 2.65. The Morgan fingerprint density at radius 3 is 1.06 bits per heavy atom. The number of carbonyl (C=O) groups is 2. The van der Waals surface area contributed by atoms with E-state index in [-0.39, 0.29) is 29.0 Å². The summed E-state index contributed by atoms with van der Waals surface area (Å²) in [6.45, 7) is 10.9. The van der Waals surface area contributed by atoms with E-state index in [0.717, 1.165) is 108 Å². The van der Waals surface area contributed by atoms with Gasteiger partial charge in [-0.2, -0.15) is 5.26 Å². The average molecular weight is 957 g/mol. The largest absolute Gasteiger partial charge is 0.462 e. The van der Waals surface area contributed by atoms with Gasteiger partial charge in [0.25, 0.3) is 0 Å². The number of sulfone groups is 1.